The maximum absolute atomic E-state index is 13.8. The van der Waals surface area contributed by atoms with E-state index in [2.05, 4.69) is 47.9 Å². The molecule has 0 aliphatic heterocycles. The first-order chi connectivity index (χ1) is 30.1. The molecule has 22 nitrogen and oxygen atoms in total. The number of amides is 9. The zero-order chi connectivity index (χ0) is 50.5. The van der Waals surface area contributed by atoms with Crippen LogP contribution in [0.4, 0.5) is 0 Å². The molecule has 0 unspecified atom stereocenters. The number of carboxylic acid groups (broad SMARTS) is 1. The lowest BCUT2D eigenvalue weighted by molar-refractivity contribution is -0.144. The Bertz CT molecular complexity index is 1640. The number of carboxylic acids is 1. The number of nitrogens with one attached hydrogen (secondary N) is 9. The summed E-state index contributed by atoms with van der Waals surface area (Å²) in [7, 11) is 0. The molecule has 0 spiro atoms. The molecule has 0 aliphatic carbocycles. The van der Waals surface area contributed by atoms with Crippen molar-refractivity contribution in [1.82, 2.24) is 47.9 Å². The third-order valence-corrected chi connectivity index (χ3v) is 11.1. The Morgan fingerprint density at radius 1 is 0.462 bits per heavy atom. The smallest absolute Gasteiger partial charge is 0.326 e. The second-order valence-electron chi connectivity index (χ2n) is 17.7. The molecule has 0 rings (SSSR count). The average molecular weight is 927 g/mol. The maximum Gasteiger partial charge on any atom is 0.326 e. The van der Waals surface area contributed by atoms with Gasteiger partial charge in [0.2, 0.25) is 53.2 Å². The Hall–Kier alpha value is -5.38. The number of aliphatic hydroxyl groups is 1. The van der Waals surface area contributed by atoms with Gasteiger partial charge in [0.15, 0.2) is 0 Å². The highest BCUT2D eigenvalue weighted by molar-refractivity contribution is 5.97. The summed E-state index contributed by atoms with van der Waals surface area (Å²) in [4.78, 5) is 130. The Morgan fingerprint density at radius 2 is 0.862 bits per heavy atom. The van der Waals surface area contributed by atoms with Crippen molar-refractivity contribution in [3.8, 4) is 0 Å². The molecule has 0 saturated carbocycles. The van der Waals surface area contributed by atoms with E-state index < -0.39 is 150 Å². The molecule has 12 atom stereocenters. The number of rotatable bonds is 29. The number of carbonyl (C=O) groups excluding carboxylic acids is 9. The number of hydrogen-bond acceptors (Lipinski definition) is 12. The number of aliphatic hydroxyl groups excluding tert-OH is 1. The van der Waals surface area contributed by atoms with Crippen LogP contribution in [0.25, 0.3) is 0 Å². The van der Waals surface area contributed by atoms with Crippen molar-refractivity contribution in [3.63, 3.8) is 0 Å². The lowest BCUT2D eigenvalue weighted by Gasteiger charge is -2.30. The van der Waals surface area contributed by atoms with Crippen LogP contribution in [-0.2, 0) is 47.9 Å². The SMILES string of the molecule is CC[C@H](C)[C@H](NC(=O)[C@@H](NC(=O)[C@@H](NC(=O)[C@H](CC(C)C)NC(=O)[C@@H](NC(=O)CNC(=O)[C@@H](NC(=O)CNC(=O)[C@H](C)NC(=O)[C@H](C)N)[C@@H](C)CC)[C@@H](C)CC)[C@@H](C)O)C(C)C)C(=O)O. The minimum atomic E-state index is -1.60. The van der Waals surface area contributed by atoms with Crippen LogP contribution in [0, 0.1) is 29.6 Å². The van der Waals surface area contributed by atoms with E-state index in [1.165, 1.54) is 20.8 Å². The van der Waals surface area contributed by atoms with Crippen molar-refractivity contribution in [3.05, 3.63) is 0 Å². The van der Waals surface area contributed by atoms with Crippen molar-refractivity contribution in [1.29, 1.82) is 0 Å². The summed E-state index contributed by atoms with van der Waals surface area (Å²) in [5, 5.41) is 42.8. The maximum atomic E-state index is 13.8. The van der Waals surface area contributed by atoms with Crippen molar-refractivity contribution in [2.45, 2.75) is 170 Å². The van der Waals surface area contributed by atoms with Crippen molar-refractivity contribution in [2.75, 3.05) is 13.1 Å². The summed E-state index contributed by atoms with van der Waals surface area (Å²) in [6.45, 7) is 20.2. The molecule has 9 amide bonds. The van der Waals surface area contributed by atoms with Gasteiger partial charge in [-0.2, -0.15) is 0 Å². The van der Waals surface area contributed by atoms with Gasteiger partial charge in [-0.3, -0.25) is 43.2 Å². The minimum absolute atomic E-state index is 0.0712. The van der Waals surface area contributed by atoms with Crippen LogP contribution >= 0.6 is 0 Å². The molecule has 22 heteroatoms. The van der Waals surface area contributed by atoms with Gasteiger partial charge in [-0.05, 0) is 56.8 Å². The van der Waals surface area contributed by atoms with Gasteiger partial charge in [0, 0.05) is 0 Å². The molecule has 65 heavy (non-hydrogen) atoms. The Labute approximate surface area is 383 Å². The monoisotopic (exact) mass is 927 g/mol. The summed E-state index contributed by atoms with van der Waals surface area (Å²) in [5.74, 6) is -9.96. The molecule has 0 aromatic carbocycles. The zero-order valence-corrected chi connectivity index (χ0v) is 40.4. The predicted octanol–water partition coefficient (Wildman–Crippen LogP) is -1.71. The fourth-order valence-corrected chi connectivity index (χ4v) is 6.19. The van der Waals surface area contributed by atoms with Gasteiger partial charge >= 0.3 is 5.97 Å². The van der Waals surface area contributed by atoms with Gasteiger partial charge in [-0.15, -0.1) is 0 Å². The largest absolute Gasteiger partial charge is 0.480 e. The summed E-state index contributed by atoms with van der Waals surface area (Å²) in [5.41, 5.74) is 5.51. The molecule has 372 valence electrons. The standard InChI is InChI=1S/C43H78N10O12/c1-14-22(8)32(49-29(55)18-45-37(58)26(12)47-36(57)25(11)44)39(60)46-19-30(56)50-33(23(9)15-2)41(62)48-28(17-20(4)5)38(59)53-35(27(13)54)42(63)51-31(21(6)7)40(61)52-34(43(64)65)24(10)16-3/h20-28,31-35,54H,14-19,44H2,1-13H3,(H,45,58)(H,46,60)(H,47,57)(H,48,62)(H,49,55)(H,50,56)(H,51,63)(H,52,61)(H,53,59)(H,64,65)/t22-,23-,24-,25-,26-,27+,28-,31-,32-,33-,34-,35-/m0/s1. The van der Waals surface area contributed by atoms with Crippen LogP contribution in [0.2, 0.25) is 0 Å². The lowest BCUT2D eigenvalue weighted by Crippen LogP contribution is -2.62. The van der Waals surface area contributed by atoms with Gasteiger partial charge in [0.25, 0.3) is 0 Å². The van der Waals surface area contributed by atoms with Crippen LogP contribution in [0.1, 0.15) is 116 Å². The second kappa shape index (κ2) is 29.2. The normalized spacial score (nSPS) is 16.8. The molecular weight excluding hydrogens is 849 g/mol. The van der Waals surface area contributed by atoms with Gasteiger partial charge in [-0.25, -0.2) is 4.79 Å². The molecule has 0 saturated heterocycles. The summed E-state index contributed by atoms with van der Waals surface area (Å²) >= 11 is 0. The lowest BCUT2D eigenvalue weighted by atomic mass is 9.96. The number of carbonyl (C=O) groups is 10. The number of nitrogens with two attached hydrogens (primary N) is 1. The van der Waals surface area contributed by atoms with E-state index in [4.69, 9.17) is 5.73 Å². The first-order valence-electron chi connectivity index (χ1n) is 22.5. The highest BCUT2D eigenvalue weighted by atomic mass is 16.4. The van der Waals surface area contributed by atoms with E-state index in [-0.39, 0.29) is 12.3 Å². The van der Waals surface area contributed by atoms with Crippen molar-refractivity contribution in [2.24, 2.45) is 35.3 Å². The van der Waals surface area contributed by atoms with E-state index in [1.807, 2.05) is 0 Å². The molecule has 0 fully saturated rings. The highest BCUT2D eigenvalue weighted by Crippen LogP contribution is 2.14. The first-order valence-corrected chi connectivity index (χ1v) is 22.5. The van der Waals surface area contributed by atoms with Crippen LogP contribution in [-0.4, -0.2) is 137 Å². The predicted molar refractivity (Wildman–Crippen MR) is 241 cm³/mol. The van der Waals surface area contributed by atoms with Crippen LogP contribution in [0.15, 0.2) is 0 Å². The molecule has 0 aromatic heterocycles. The third kappa shape index (κ3) is 21.0. The topological polar surface area (TPSA) is 345 Å². The Balaban J connectivity index is 5.97. The molecule has 0 bridgehead atoms. The van der Waals surface area contributed by atoms with E-state index in [9.17, 15) is 58.2 Å². The Kier molecular flexibility index (Phi) is 26.8. The number of aliphatic carboxylic acids is 1. The molecule has 0 aromatic rings. The molecular formula is C43H78N10O12. The van der Waals surface area contributed by atoms with Crippen LogP contribution in [0.3, 0.4) is 0 Å². The summed E-state index contributed by atoms with van der Waals surface area (Å²) < 4.78 is 0. The average Bonchev–Trinajstić information content (AvgIpc) is 3.23. The van der Waals surface area contributed by atoms with Gasteiger partial charge in [0.1, 0.15) is 42.3 Å². The summed E-state index contributed by atoms with van der Waals surface area (Å²) in [6.07, 6.45) is -0.103. The fraction of sp³-hybridized carbons (Fsp3) is 0.767. The highest BCUT2D eigenvalue weighted by Gasteiger charge is 2.37. The molecule has 0 radical (unpaired) electrons. The quantitative estimate of drug-likeness (QED) is 0.0398. The fourth-order valence-electron chi connectivity index (χ4n) is 6.19. The Morgan fingerprint density at radius 3 is 1.28 bits per heavy atom. The van der Waals surface area contributed by atoms with Crippen molar-refractivity contribution >= 4 is 59.1 Å². The van der Waals surface area contributed by atoms with Gasteiger partial charge in [0.05, 0.1) is 25.2 Å². The summed E-state index contributed by atoms with van der Waals surface area (Å²) in [6, 6.07) is -9.49. The number of hydrogen-bond donors (Lipinski definition) is 12. The van der Waals surface area contributed by atoms with E-state index in [0.29, 0.717) is 19.3 Å². The molecule has 13 N–H and O–H groups in total. The van der Waals surface area contributed by atoms with E-state index >= 15 is 0 Å². The van der Waals surface area contributed by atoms with Gasteiger partial charge < -0.3 is 63.8 Å². The second-order valence-corrected chi connectivity index (χ2v) is 17.7. The van der Waals surface area contributed by atoms with Crippen LogP contribution < -0.4 is 53.6 Å². The van der Waals surface area contributed by atoms with Crippen LogP contribution in [0.5, 0.6) is 0 Å². The molecule has 0 heterocycles. The minimum Gasteiger partial charge on any atom is -0.480 e. The van der Waals surface area contributed by atoms with Gasteiger partial charge in [-0.1, -0.05) is 88.5 Å². The first kappa shape index (κ1) is 59.6. The van der Waals surface area contributed by atoms with E-state index in [0.717, 1.165) is 0 Å². The van der Waals surface area contributed by atoms with Crippen molar-refractivity contribution < 1.29 is 58.2 Å². The molecule has 0 aliphatic rings. The van der Waals surface area contributed by atoms with E-state index in [1.54, 1.807) is 69.2 Å². The zero-order valence-electron chi connectivity index (χ0n) is 40.4. The third-order valence-electron chi connectivity index (χ3n) is 11.1.